The molecule has 0 N–H and O–H groups in total. The van der Waals surface area contributed by atoms with Gasteiger partial charge in [0.05, 0.1) is 6.61 Å². The van der Waals surface area contributed by atoms with Gasteiger partial charge in [-0.25, -0.2) is 8.42 Å². The van der Waals surface area contributed by atoms with E-state index in [-0.39, 0.29) is 6.61 Å². The third kappa shape index (κ3) is 13.6. The molecular formula is C10H19O4S-. The van der Waals surface area contributed by atoms with Crippen LogP contribution in [0.5, 0.6) is 0 Å². The quantitative estimate of drug-likeness (QED) is 0.252. The van der Waals surface area contributed by atoms with Crippen LogP contribution in [0.25, 0.3) is 0 Å². The largest absolute Gasteiger partial charge is 0.726 e. The highest BCUT2D eigenvalue weighted by molar-refractivity contribution is 7.80. The van der Waals surface area contributed by atoms with Crippen molar-refractivity contribution in [1.29, 1.82) is 0 Å². The summed E-state index contributed by atoms with van der Waals surface area (Å²) in [6.07, 6.45) is 9.02. The molecular weight excluding hydrogens is 216 g/mol. The summed E-state index contributed by atoms with van der Waals surface area (Å²) in [6, 6.07) is 0. The molecule has 0 fully saturated rings. The van der Waals surface area contributed by atoms with E-state index in [0.717, 1.165) is 32.1 Å². The summed E-state index contributed by atoms with van der Waals surface area (Å²) in [5, 5.41) is 0. The molecule has 4 nitrogen and oxygen atoms in total. The third-order valence-electron chi connectivity index (χ3n) is 2.03. The van der Waals surface area contributed by atoms with Gasteiger partial charge >= 0.3 is 0 Å². The molecule has 0 aliphatic rings. The molecule has 0 atom stereocenters. The van der Waals surface area contributed by atoms with Crippen LogP contribution >= 0.6 is 0 Å². The molecule has 0 rings (SSSR count). The van der Waals surface area contributed by atoms with Crippen LogP contribution in [0, 0.1) is 0 Å². The summed E-state index contributed by atoms with van der Waals surface area (Å²) in [6.45, 7) is 3.65. The van der Waals surface area contributed by atoms with Gasteiger partial charge < -0.3 is 4.55 Å². The molecule has 0 radical (unpaired) electrons. The van der Waals surface area contributed by atoms with Gasteiger partial charge in [-0.15, -0.1) is 6.58 Å². The smallest absolute Gasteiger partial charge is 0.217 e. The summed E-state index contributed by atoms with van der Waals surface area (Å²) in [4.78, 5) is 0. The molecule has 0 saturated carbocycles. The summed E-state index contributed by atoms with van der Waals surface area (Å²) in [5.74, 6) is 0. The fraction of sp³-hybridized carbons (Fsp3) is 0.800. The molecule has 0 aromatic carbocycles. The lowest BCUT2D eigenvalue weighted by atomic mass is 10.1. The molecule has 0 unspecified atom stereocenters. The molecule has 0 aromatic rings. The summed E-state index contributed by atoms with van der Waals surface area (Å²) in [5.41, 5.74) is 0. The van der Waals surface area contributed by atoms with E-state index in [2.05, 4.69) is 10.8 Å². The van der Waals surface area contributed by atoms with E-state index < -0.39 is 10.4 Å². The predicted octanol–water partition coefficient (Wildman–Crippen LogP) is 2.38. The van der Waals surface area contributed by atoms with Crippen LogP contribution in [0.1, 0.15) is 44.9 Å². The van der Waals surface area contributed by atoms with E-state index in [4.69, 9.17) is 0 Å². The van der Waals surface area contributed by atoms with Crippen LogP contribution in [0.15, 0.2) is 12.7 Å². The van der Waals surface area contributed by atoms with Crippen molar-refractivity contribution in [3.8, 4) is 0 Å². The van der Waals surface area contributed by atoms with Crippen LogP contribution in [-0.4, -0.2) is 19.6 Å². The Morgan fingerprint density at radius 3 is 2.13 bits per heavy atom. The van der Waals surface area contributed by atoms with Crippen molar-refractivity contribution in [3.05, 3.63) is 12.7 Å². The topological polar surface area (TPSA) is 66.4 Å². The van der Waals surface area contributed by atoms with Crippen LogP contribution < -0.4 is 0 Å². The molecule has 5 heteroatoms. The first kappa shape index (κ1) is 14.6. The van der Waals surface area contributed by atoms with Crippen molar-refractivity contribution in [2.45, 2.75) is 44.9 Å². The number of rotatable bonds is 10. The third-order valence-corrected chi connectivity index (χ3v) is 2.49. The summed E-state index contributed by atoms with van der Waals surface area (Å²) >= 11 is 0. The van der Waals surface area contributed by atoms with E-state index in [0.29, 0.717) is 6.42 Å². The first-order valence-electron chi connectivity index (χ1n) is 5.27. The Morgan fingerprint density at radius 1 is 1.07 bits per heavy atom. The van der Waals surface area contributed by atoms with Gasteiger partial charge in [0.25, 0.3) is 0 Å². The fourth-order valence-electron chi connectivity index (χ4n) is 1.26. The second kappa shape index (κ2) is 8.88. The Hall–Kier alpha value is -0.390. The van der Waals surface area contributed by atoms with Crippen LogP contribution in [0.2, 0.25) is 0 Å². The van der Waals surface area contributed by atoms with Gasteiger partial charge in [-0.3, -0.25) is 4.18 Å². The minimum atomic E-state index is -4.49. The minimum absolute atomic E-state index is 0.0124. The van der Waals surface area contributed by atoms with Crippen molar-refractivity contribution in [1.82, 2.24) is 0 Å². The SMILES string of the molecule is C=CCCCCCCCCOS(=O)(=O)[O-]. The highest BCUT2D eigenvalue weighted by Crippen LogP contribution is 2.07. The van der Waals surface area contributed by atoms with E-state index in [1.54, 1.807) is 0 Å². The van der Waals surface area contributed by atoms with Gasteiger partial charge in [0.1, 0.15) is 0 Å². The maximum Gasteiger partial charge on any atom is 0.217 e. The highest BCUT2D eigenvalue weighted by atomic mass is 32.3. The monoisotopic (exact) mass is 235 g/mol. The molecule has 0 amide bonds. The zero-order chi connectivity index (χ0) is 11.6. The van der Waals surface area contributed by atoms with Gasteiger partial charge in [0, 0.05) is 0 Å². The number of hydrogen-bond acceptors (Lipinski definition) is 4. The van der Waals surface area contributed by atoms with E-state index in [1.807, 2.05) is 6.08 Å². The molecule has 90 valence electrons. The number of unbranched alkanes of at least 4 members (excludes halogenated alkanes) is 6. The van der Waals surface area contributed by atoms with E-state index in [1.165, 1.54) is 6.42 Å². The highest BCUT2D eigenvalue weighted by Gasteiger charge is 1.95. The van der Waals surface area contributed by atoms with Crippen LogP contribution in [-0.2, 0) is 14.6 Å². The van der Waals surface area contributed by atoms with Crippen molar-refractivity contribution < 1.29 is 17.2 Å². The van der Waals surface area contributed by atoms with Gasteiger partial charge in [0.2, 0.25) is 10.4 Å². The Balaban J connectivity index is 3.08. The summed E-state index contributed by atoms with van der Waals surface area (Å²) < 4.78 is 34.2. The number of hydrogen-bond donors (Lipinski definition) is 0. The normalized spacial score (nSPS) is 11.5. The van der Waals surface area contributed by atoms with Gasteiger partial charge in [-0.1, -0.05) is 31.8 Å². The molecule has 0 aliphatic carbocycles. The van der Waals surface area contributed by atoms with Crippen molar-refractivity contribution >= 4 is 10.4 Å². The van der Waals surface area contributed by atoms with Gasteiger partial charge in [0.15, 0.2) is 0 Å². The Bertz CT molecular complexity index is 246. The maximum absolute atomic E-state index is 10.1. The van der Waals surface area contributed by atoms with Crippen molar-refractivity contribution in [2.24, 2.45) is 0 Å². The zero-order valence-corrected chi connectivity index (χ0v) is 9.80. The molecule has 0 spiro atoms. The van der Waals surface area contributed by atoms with Crippen molar-refractivity contribution in [3.63, 3.8) is 0 Å². The average molecular weight is 235 g/mol. The first-order valence-corrected chi connectivity index (χ1v) is 6.61. The van der Waals surface area contributed by atoms with Crippen molar-refractivity contribution in [2.75, 3.05) is 6.61 Å². The van der Waals surface area contributed by atoms with Gasteiger partial charge in [-0.2, -0.15) is 0 Å². The van der Waals surface area contributed by atoms with Crippen LogP contribution in [0.4, 0.5) is 0 Å². The molecule has 15 heavy (non-hydrogen) atoms. The minimum Gasteiger partial charge on any atom is -0.726 e. The lowest BCUT2D eigenvalue weighted by Crippen LogP contribution is -2.05. The Morgan fingerprint density at radius 2 is 1.60 bits per heavy atom. The molecule has 0 saturated heterocycles. The lowest BCUT2D eigenvalue weighted by molar-refractivity contribution is 0.255. The predicted molar refractivity (Wildman–Crippen MR) is 58.2 cm³/mol. The summed E-state index contributed by atoms with van der Waals surface area (Å²) in [7, 11) is -4.49. The standard InChI is InChI=1S/C10H20O4S/c1-2-3-4-5-6-7-8-9-10-14-15(11,12)13/h2H,1,3-10H2,(H,11,12,13)/p-1. The Labute approximate surface area is 92.3 Å². The number of allylic oxidation sites excluding steroid dienone is 1. The molecule has 0 aromatic heterocycles. The average Bonchev–Trinajstić information content (AvgIpc) is 2.14. The fourth-order valence-corrected chi connectivity index (χ4v) is 1.58. The Kier molecular flexibility index (Phi) is 8.65. The van der Waals surface area contributed by atoms with Crippen LogP contribution in [0.3, 0.4) is 0 Å². The molecule has 0 heterocycles. The second-order valence-electron chi connectivity index (χ2n) is 3.43. The van der Waals surface area contributed by atoms with E-state index >= 15 is 0 Å². The molecule has 0 bridgehead atoms. The van der Waals surface area contributed by atoms with Gasteiger partial charge in [-0.05, 0) is 19.3 Å². The van der Waals surface area contributed by atoms with E-state index in [9.17, 15) is 13.0 Å². The maximum atomic E-state index is 10.1. The second-order valence-corrected chi connectivity index (χ2v) is 4.48. The zero-order valence-electron chi connectivity index (χ0n) is 8.98. The molecule has 0 aliphatic heterocycles. The first-order chi connectivity index (χ1) is 7.06. The lowest BCUT2D eigenvalue weighted by Gasteiger charge is -2.06.